The van der Waals surface area contributed by atoms with Gasteiger partial charge < -0.3 is 4.74 Å². The van der Waals surface area contributed by atoms with Crippen molar-refractivity contribution in [1.29, 1.82) is 0 Å². The minimum Gasteiger partial charge on any atom is -0.373 e. The molecule has 0 amide bonds. The molecule has 0 radical (unpaired) electrons. The number of Topliss-reactive ketones (excluding diaryl/α,β-unsaturated/α-hetero) is 1. The smallest absolute Gasteiger partial charge is 0.132 e. The molecule has 1 spiro atoms. The zero-order valence-electron chi connectivity index (χ0n) is 10.3. The van der Waals surface area contributed by atoms with Crippen molar-refractivity contribution >= 4 is 5.78 Å². The van der Waals surface area contributed by atoms with E-state index in [2.05, 4.69) is 20.8 Å². The first-order valence-corrected chi connectivity index (χ1v) is 5.98. The summed E-state index contributed by atoms with van der Waals surface area (Å²) >= 11 is 0. The number of carbonyl (C=O) groups excluding carboxylic acids is 1. The predicted molar refractivity (Wildman–Crippen MR) is 59.7 cm³/mol. The lowest BCUT2D eigenvalue weighted by atomic mass is 9.50. The maximum atomic E-state index is 11.1. The third-order valence-electron chi connectivity index (χ3n) is 3.78. The van der Waals surface area contributed by atoms with Gasteiger partial charge in [-0.2, -0.15) is 0 Å². The number of hydrogen-bond donors (Lipinski definition) is 0. The number of ether oxygens (including phenoxy) is 1. The van der Waals surface area contributed by atoms with E-state index in [4.69, 9.17) is 4.74 Å². The molecule has 0 bridgehead atoms. The molecule has 0 aromatic rings. The quantitative estimate of drug-likeness (QED) is 0.700. The molecule has 0 aromatic heterocycles. The van der Waals surface area contributed by atoms with Crippen molar-refractivity contribution in [3.05, 3.63) is 0 Å². The van der Waals surface area contributed by atoms with Gasteiger partial charge in [-0.1, -0.05) is 0 Å². The summed E-state index contributed by atoms with van der Waals surface area (Å²) < 4.78 is 5.92. The molecule has 2 aliphatic rings. The van der Waals surface area contributed by atoms with Crippen LogP contribution in [0.4, 0.5) is 0 Å². The second kappa shape index (κ2) is 3.31. The SMILES string of the molecule is CC(=O)C1CC2(CC(OC(C)(C)C)C2)C1. The van der Waals surface area contributed by atoms with Gasteiger partial charge in [-0.3, -0.25) is 4.79 Å². The maximum absolute atomic E-state index is 11.1. The molecule has 0 aliphatic heterocycles. The molecule has 2 rings (SSSR count). The van der Waals surface area contributed by atoms with Gasteiger partial charge in [0.2, 0.25) is 0 Å². The molecular formula is C13H22O2. The van der Waals surface area contributed by atoms with Crippen LogP contribution in [-0.4, -0.2) is 17.5 Å². The Labute approximate surface area is 92.4 Å². The lowest BCUT2D eigenvalue weighted by molar-refractivity contribution is -0.181. The average Bonchev–Trinajstić information content (AvgIpc) is 1.87. The van der Waals surface area contributed by atoms with Crippen LogP contribution in [0.3, 0.4) is 0 Å². The molecule has 0 saturated heterocycles. The Morgan fingerprint density at radius 3 is 2.13 bits per heavy atom. The van der Waals surface area contributed by atoms with Gasteiger partial charge in [0.05, 0.1) is 11.7 Å². The van der Waals surface area contributed by atoms with E-state index in [1.165, 1.54) is 12.8 Å². The highest BCUT2D eigenvalue weighted by atomic mass is 16.5. The molecule has 86 valence electrons. The van der Waals surface area contributed by atoms with Crippen LogP contribution in [0.25, 0.3) is 0 Å². The van der Waals surface area contributed by atoms with Crippen LogP contribution in [0.2, 0.25) is 0 Å². The van der Waals surface area contributed by atoms with E-state index < -0.39 is 0 Å². The summed E-state index contributed by atoms with van der Waals surface area (Å²) in [6.45, 7) is 8.05. The van der Waals surface area contributed by atoms with Crippen LogP contribution in [0.15, 0.2) is 0 Å². The van der Waals surface area contributed by atoms with Gasteiger partial charge >= 0.3 is 0 Å². The Hall–Kier alpha value is -0.370. The Bertz CT molecular complexity index is 261. The first kappa shape index (κ1) is 11.1. The van der Waals surface area contributed by atoms with Crippen LogP contribution in [0.5, 0.6) is 0 Å². The van der Waals surface area contributed by atoms with Gasteiger partial charge in [0.15, 0.2) is 0 Å². The lowest BCUT2D eigenvalue weighted by Gasteiger charge is -2.57. The summed E-state index contributed by atoms with van der Waals surface area (Å²) in [5.74, 6) is 0.737. The normalized spacial score (nSPS) is 39.7. The molecule has 0 atom stereocenters. The summed E-state index contributed by atoms with van der Waals surface area (Å²) in [6, 6.07) is 0. The Morgan fingerprint density at radius 1 is 1.20 bits per heavy atom. The summed E-state index contributed by atoms with van der Waals surface area (Å²) in [7, 11) is 0. The Morgan fingerprint density at radius 2 is 1.73 bits per heavy atom. The minimum absolute atomic E-state index is 0.0179. The minimum atomic E-state index is -0.0179. The van der Waals surface area contributed by atoms with Crippen molar-refractivity contribution in [3.63, 3.8) is 0 Å². The largest absolute Gasteiger partial charge is 0.373 e. The molecule has 0 N–H and O–H groups in total. The van der Waals surface area contributed by atoms with Crippen molar-refractivity contribution in [3.8, 4) is 0 Å². The predicted octanol–water partition coefficient (Wildman–Crippen LogP) is 2.95. The number of ketones is 1. The zero-order valence-corrected chi connectivity index (χ0v) is 10.3. The van der Waals surface area contributed by atoms with E-state index >= 15 is 0 Å². The molecule has 2 nitrogen and oxygen atoms in total. The van der Waals surface area contributed by atoms with Crippen molar-refractivity contribution in [2.24, 2.45) is 11.3 Å². The first-order chi connectivity index (χ1) is 6.80. The van der Waals surface area contributed by atoms with Gasteiger partial charge in [-0.15, -0.1) is 0 Å². The van der Waals surface area contributed by atoms with E-state index in [9.17, 15) is 4.79 Å². The Kier molecular flexibility index (Phi) is 2.45. The molecule has 2 fully saturated rings. The zero-order chi connectivity index (χ0) is 11.3. The maximum Gasteiger partial charge on any atom is 0.132 e. The molecule has 2 aliphatic carbocycles. The van der Waals surface area contributed by atoms with Gasteiger partial charge in [-0.25, -0.2) is 0 Å². The second-order valence-electron chi connectivity index (χ2n) is 6.48. The molecule has 2 saturated carbocycles. The molecule has 15 heavy (non-hydrogen) atoms. The third kappa shape index (κ3) is 2.25. The van der Waals surface area contributed by atoms with Gasteiger partial charge in [0, 0.05) is 5.92 Å². The van der Waals surface area contributed by atoms with Gasteiger partial charge in [0.1, 0.15) is 5.78 Å². The topological polar surface area (TPSA) is 26.3 Å². The van der Waals surface area contributed by atoms with Crippen molar-refractivity contribution in [2.75, 3.05) is 0 Å². The monoisotopic (exact) mass is 210 g/mol. The highest BCUT2D eigenvalue weighted by Crippen LogP contribution is 2.60. The van der Waals surface area contributed by atoms with Gasteiger partial charge in [-0.05, 0) is 58.8 Å². The van der Waals surface area contributed by atoms with Crippen molar-refractivity contribution < 1.29 is 9.53 Å². The van der Waals surface area contributed by atoms with E-state index in [-0.39, 0.29) is 5.60 Å². The molecular weight excluding hydrogens is 188 g/mol. The summed E-state index contributed by atoms with van der Waals surface area (Å²) in [5, 5.41) is 0. The van der Waals surface area contributed by atoms with Crippen LogP contribution in [0, 0.1) is 11.3 Å². The van der Waals surface area contributed by atoms with Crippen LogP contribution in [-0.2, 0) is 9.53 Å². The van der Waals surface area contributed by atoms with Crippen LogP contribution in [0.1, 0.15) is 53.4 Å². The summed E-state index contributed by atoms with van der Waals surface area (Å²) in [4.78, 5) is 11.1. The second-order valence-corrected chi connectivity index (χ2v) is 6.48. The van der Waals surface area contributed by atoms with Gasteiger partial charge in [0.25, 0.3) is 0 Å². The fourth-order valence-corrected chi connectivity index (χ4v) is 3.10. The molecule has 2 heteroatoms. The number of carbonyl (C=O) groups is 1. The average molecular weight is 210 g/mol. The van der Waals surface area contributed by atoms with E-state index in [0.29, 0.717) is 23.2 Å². The number of hydrogen-bond acceptors (Lipinski definition) is 2. The fraction of sp³-hybridized carbons (Fsp3) is 0.923. The highest BCUT2D eigenvalue weighted by Gasteiger charge is 2.54. The highest BCUT2D eigenvalue weighted by molar-refractivity contribution is 5.79. The van der Waals surface area contributed by atoms with E-state index in [1.807, 2.05) is 0 Å². The standard InChI is InChI=1S/C13H22O2/c1-9(14)10-5-13(6-10)7-11(8-13)15-12(2,3)4/h10-11H,5-8H2,1-4H3. The fourth-order valence-electron chi connectivity index (χ4n) is 3.10. The molecule has 0 heterocycles. The Balaban J connectivity index is 1.74. The first-order valence-electron chi connectivity index (χ1n) is 5.98. The van der Waals surface area contributed by atoms with E-state index in [0.717, 1.165) is 12.8 Å². The van der Waals surface area contributed by atoms with Crippen molar-refractivity contribution in [1.82, 2.24) is 0 Å². The third-order valence-corrected chi connectivity index (χ3v) is 3.78. The summed E-state index contributed by atoms with van der Waals surface area (Å²) in [5.41, 5.74) is 0.474. The van der Waals surface area contributed by atoms with E-state index in [1.54, 1.807) is 6.92 Å². The van der Waals surface area contributed by atoms with Crippen molar-refractivity contribution in [2.45, 2.75) is 65.1 Å². The molecule has 0 unspecified atom stereocenters. The molecule has 0 aromatic carbocycles. The van der Waals surface area contributed by atoms with Crippen LogP contribution < -0.4 is 0 Å². The number of rotatable bonds is 2. The summed E-state index contributed by atoms with van der Waals surface area (Å²) in [6.07, 6.45) is 5.03. The van der Waals surface area contributed by atoms with Crippen LogP contribution >= 0.6 is 0 Å². The lowest BCUT2D eigenvalue weighted by Crippen LogP contribution is -2.53.